The van der Waals surface area contributed by atoms with Crippen molar-refractivity contribution in [3.8, 4) is 6.07 Å². The molecule has 0 aliphatic heterocycles. The van der Waals surface area contributed by atoms with Crippen LogP contribution >= 0.6 is 0 Å². The van der Waals surface area contributed by atoms with E-state index in [-0.39, 0.29) is 12.3 Å². The Morgan fingerprint density at radius 2 is 1.91 bits per heavy atom. The van der Waals surface area contributed by atoms with Crippen LogP contribution in [0.15, 0.2) is 54.7 Å². The van der Waals surface area contributed by atoms with Crippen molar-refractivity contribution in [1.29, 1.82) is 5.26 Å². The molecule has 3 aromatic rings. The Morgan fingerprint density at radius 1 is 1.18 bits per heavy atom. The highest BCUT2D eigenvalue weighted by Gasteiger charge is 2.11. The number of nitrogens with one attached hydrogen (secondary N) is 1. The number of nitriles is 1. The number of carbonyl (C=O) groups is 1. The molecule has 1 amide bonds. The minimum absolute atomic E-state index is 0.126. The molecule has 22 heavy (non-hydrogen) atoms. The molecule has 0 atom stereocenters. The van der Waals surface area contributed by atoms with Gasteiger partial charge in [-0.15, -0.1) is 0 Å². The van der Waals surface area contributed by atoms with Gasteiger partial charge in [-0.05, 0) is 23.8 Å². The number of rotatable bonds is 3. The monoisotopic (exact) mass is 289 g/mol. The number of aromatic nitrogens is 1. The van der Waals surface area contributed by atoms with Crippen molar-refractivity contribution in [2.45, 2.75) is 6.42 Å². The summed E-state index contributed by atoms with van der Waals surface area (Å²) in [5, 5.41) is 13.0. The number of carbonyl (C=O) groups excluding carboxylic acids is 1. The number of anilines is 1. The topological polar surface area (TPSA) is 57.8 Å². The quantitative estimate of drug-likeness (QED) is 0.804. The first-order valence-corrected chi connectivity index (χ1v) is 7.01. The summed E-state index contributed by atoms with van der Waals surface area (Å²) in [4.78, 5) is 12.3. The van der Waals surface area contributed by atoms with Gasteiger partial charge >= 0.3 is 0 Å². The number of amides is 1. The van der Waals surface area contributed by atoms with Crippen LogP contribution in [0.5, 0.6) is 0 Å². The minimum atomic E-state index is -0.126. The summed E-state index contributed by atoms with van der Waals surface area (Å²) in [6, 6.07) is 17.1. The maximum Gasteiger partial charge on any atom is 0.228 e. The molecule has 1 aromatic heterocycles. The van der Waals surface area contributed by atoms with Crippen LogP contribution in [0.1, 0.15) is 11.1 Å². The van der Waals surface area contributed by atoms with E-state index >= 15 is 0 Å². The molecule has 0 saturated heterocycles. The van der Waals surface area contributed by atoms with Gasteiger partial charge in [-0.3, -0.25) is 4.79 Å². The highest BCUT2D eigenvalue weighted by Crippen LogP contribution is 2.21. The largest absolute Gasteiger partial charge is 0.350 e. The average Bonchev–Trinajstić information content (AvgIpc) is 2.84. The molecule has 108 valence electrons. The van der Waals surface area contributed by atoms with Gasteiger partial charge < -0.3 is 9.88 Å². The lowest BCUT2D eigenvalue weighted by molar-refractivity contribution is -0.115. The number of fused-ring (bicyclic) bond motifs is 1. The summed E-state index contributed by atoms with van der Waals surface area (Å²) in [6.45, 7) is 0. The van der Waals surface area contributed by atoms with Gasteiger partial charge in [0.2, 0.25) is 5.91 Å². The standard InChI is InChI=1S/C18H15N3O/c1-21-12-14(15-7-3-5-9-17(15)21)10-18(22)20-16-8-4-2-6-13(16)11-19/h2-9,12H,10H2,1H3,(H,20,22). The fourth-order valence-corrected chi connectivity index (χ4v) is 2.62. The smallest absolute Gasteiger partial charge is 0.228 e. The van der Waals surface area contributed by atoms with E-state index in [1.807, 2.05) is 42.1 Å². The summed E-state index contributed by atoms with van der Waals surface area (Å²) < 4.78 is 2.02. The molecule has 0 fully saturated rings. The maximum atomic E-state index is 12.3. The molecule has 4 nitrogen and oxygen atoms in total. The van der Waals surface area contributed by atoms with Crippen molar-refractivity contribution in [1.82, 2.24) is 4.57 Å². The maximum absolute atomic E-state index is 12.3. The van der Waals surface area contributed by atoms with Crippen LogP contribution in [0, 0.1) is 11.3 Å². The van der Waals surface area contributed by atoms with Crippen molar-refractivity contribution >= 4 is 22.5 Å². The number of hydrogen-bond donors (Lipinski definition) is 1. The van der Waals surface area contributed by atoms with Gasteiger partial charge in [-0.25, -0.2) is 0 Å². The molecule has 3 rings (SSSR count). The summed E-state index contributed by atoms with van der Waals surface area (Å²) in [6.07, 6.45) is 2.25. The van der Waals surface area contributed by atoms with Crippen molar-refractivity contribution in [3.05, 3.63) is 65.9 Å². The van der Waals surface area contributed by atoms with E-state index in [9.17, 15) is 4.79 Å². The third-order valence-corrected chi connectivity index (χ3v) is 3.65. The van der Waals surface area contributed by atoms with Gasteiger partial charge in [0.15, 0.2) is 0 Å². The Morgan fingerprint density at radius 3 is 2.73 bits per heavy atom. The van der Waals surface area contributed by atoms with Crippen molar-refractivity contribution in [3.63, 3.8) is 0 Å². The van der Waals surface area contributed by atoms with E-state index in [0.717, 1.165) is 16.5 Å². The van der Waals surface area contributed by atoms with Gasteiger partial charge in [-0.1, -0.05) is 30.3 Å². The van der Waals surface area contributed by atoms with Crippen LogP contribution in [0.4, 0.5) is 5.69 Å². The number of aryl methyl sites for hydroxylation is 1. The normalized spacial score (nSPS) is 10.4. The van der Waals surface area contributed by atoms with Crippen molar-refractivity contribution in [2.24, 2.45) is 7.05 Å². The van der Waals surface area contributed by atoms with Gasteiger partial charge in [0.05, 0.1) is 17.7 Å². The van der Waals surface area contributed by atoms with Crippen molar-refractivity contribution < 1.29 is 4.79 Å². The Hall–Kier alpha value is -3.06. The third kappa shape index (κ3) is 2.57. The second-order valence-corrected chi connectivity index (χ2v) is 5.16. The van der Waals surface area contributed by atoms with Crippen LogP contribution in [-0.2, 0) is 18.3 Å². The zero-order valence-electron chi connectivity index (χ0n) is 12.2. The molecule has 1 N–H and O–H groups in total. The van der Waals surface area contributed by atoms with Crippen LogP contribution in [0.2, 0.25) is 0 Å². The second kappa shape index (κ2) is 5.74. The van der Waals surface area contributed by atoms with Crippen LogP contribution in [0.3, 0.4) is 0 Å². The van der Waals surface area contributed by atoms with Gasteiger partial charge in [-0.2, -0.15) is 5.26 Å². The molecule has 0 radical (unpaired) electrons. The van der Waals surface area contributed by atoms with Gasteiger partial charge in [0.25, 0.3) is 0 Å². The molecule has 1 heterocycles. The second-order valence-electron chi connectivity index (χ2n) is 5.16. The highest BCUT2D eigenvalue weighted by molar-refractivity contribution is 5.96. The van der Waals surface area contributed by atoms with Crippen molar-refractivity contribution in [2.75, 3.05) is 5.32 Å². The van der Waals surface area contributed by atoms with E-state index < -0.39 is 0 Å². The Labute approximate surface area is 128 Å². The summed E-state index contributed by atoms with van der Waals surface area (Å²) in [5.74, 6) is -0.126. The first-order valence-electron chi connectivity index (χ1n) is 7.01. The zero-order chi connectivity index (χ0) is 15.5. The molecule has 0 saturated carbocycles. The van der Waals surface area contributed by atoms with E-state index in [0.29, 0.717) is 11.3 Å². The predicted octanol–water partition coefficient (Wildman–Crippen LogP) is 3.23. The SMILES string of the molecule is Cn1cc(CC(=O)Nc2ccccc2C#N)c2ccccc21. The van der Waals surface area contributed by atoms with Crippen LogP contribution in [-0.4, -0.2) is 10.5 Å². The number of para-hydroxylation sites is 2. The van der Waals surface area contributed by atoms with E-state index in [2.05, 4.69) is 11.4 Å². The third-order valence-electron chi connectivity index (χ3n) is 3.65. The zero-order valence-corrected chi connectivity index (χ0v) is 12.2. The molecule has 2 aromatic carbocycles. The predicted molar refractivity (Wildman–Crippen MR) is 86.4 cm³/mol. The molecular weight excluding hydrogens is 274 g/mol. The molecule has 0 bridgehead atoms. The summed E-state index contributed by atoms with van der Waals surface area (Å²) >= 11 is 0. The Balaban J connectivity index is 1.84. The summed E-state index contributed by atoms with van der Waals surface area (Å²) in [7, 11) is 1.97. The number of hydrogen-bond acceptors (Lipinski definition) is 2. The van der Waals surface area contributed by atoms with Crippen LogP contribution in [0.25, 0.3) is 10.9 Å². The Bertz CT molecular complexity index is 887. The van der Waals surface area contributed by atoms with E-state index in [1.165, 1.54) is 0 Å². The average molecular weight is 289 g/mol. The van der Waals surface area contributed by atoms with E-state index in [1.54, 1.807) is 24.3 Å². The molecule has 0 aliphatic carbocycles. The molecule has 0 aliphatic rings. The minimum Gasteiger partial charge on any atom is -0.350 e. The van der Waals surface area contributed by atoms with Crippen LogP contribution < -0.4 is 5.32 Å². The van der Waals surface area contributed by atoms with Gasteiger partial charge in [0.1, 0.15) is 6.07 Å². The fourth-order valence-electron chi connectivity index (χ4n) is 2.62. The fraction of sp³-hybridized carbons (Fsp3) is 0.111. The van der Waals surface area contributed by atoms with Gasteiger partial charge in [0, 0.05) is 24.1 Å². The number of benzene rings is 2. The lowest BCUT2D eigenvalue weighted by Gasteiger charge is -2.06. The Kier molecular flexibility index (Phi) is 3.63. The lowest BCUT2D eigenvalue weighted by Crippen LogP contribution is -2.15. The first-order chi connectivity index (χ1) is 10.7. The number of nitrogens with zero attached hydrogens (tertiary/aromatic N) is 2. The van der Waals surface area contributed by atoms with E-state index in [4.69, 9.17) is 5.26 Å². The first kappa shape index (κ1) is 13.9. The molecule has 0 spiro atoms. The molecule has 0 unspecified atom stereocenters. The lowest BCUT2D eigenvalue weighted by atomic mass is 10.1. The highest BCUT2D eigenvalue weighted by atomic mass is 16.1. The molecular formula is C18H15N3O. The molecule has 4 heteroatoms. The summed E-state index contributed by atoms with van der Waals surface area (Å²) in [5.41, 5.74) is 3.09.